The van der Waals surface area contributed by atoms with Crippen LogP contribution in [0.4, 0.5) is 10.1 Å². The minimum atomic E-state index is -0.572. The molecule has 148 valence electrons. The number of aromatic nitrogens is 3. The van der Waals surface area contributed by atoms with Crippen molar-refractivity contribution in [1.29, 1.82) is 0 Å². The molecule has 1 amide bonds. The van der Waals surface area contributed by atoms with Crippen LogP contribution in [0.15, 0.2) is 53.5 Å². The van der Waals surface area contributed by atoms with Crippen molar-refractivity contribution in [1.82, 2.24) is 14.3 Å². The number of carbonyl (C=O) groups is 1. The number of fused-ring (bicyclic) bond motifs is 3. The summed E-state index contributed by atoms with van der Waals surface area (Å²) in [6, 6.07) is 11.7. The van der Waals surface area contributed by atoms with Crippen molar-refractivity contribution in [2.75, 3.05) is 5.32 Å². The van der Waals surface area contributed by atoms with Crippen LogP contribution in [-0.2, 0) is 17.9 Å². The molecule has 4 aromatic rings. The molecule has 2 aromatic heterocycles. The van der Waals surface area contributed by atoms with Crippen molar-refractivity contribution in [3.8, 4) is 0 Å². The second-order valence-electron chi connectivity index (χ2n) is 6.72. The van der Waals surface area contributed by atoms with Crippen LogP contribution < -0.4 is 10.9 Å². The first-order valence-electron chi connectivity index (χ1n) is 9.21. The standard InChI is InChI=1S/C21H18ClFN4O2/c1-2-9-26-18-6-4-3-5-14(18)15-11-24-27(21(29)20(15)26)12-19(28)25-13-7-8-17(23)16(22)10-13/h3-8,10-11H,2,9,12H2,1H3,(H,25,28). The number of benzene rings is 2. The SMILES string of the molecule is CCCn1c2ccccc2c2cnn(CC(=O)Nc3ccc(F)c(Cl)c3)c(=O)c21. The molecule has 0 aliphatic carbocycles. The van der Waals surface area contributed by atoms with Crippen molar-refractivity contribution < 1.29 is 9.18 Å². The lowest BCUT2D eigenvalue weighted by atomic mass is 10.2. The van der Waals surface area contributed by atoms with E-state index in [4.69, 9.17) is 11.6 Å². The van der Waals surface area contributed by atoms with Gasteiger partial charge in [0.05, 0.1) is 11.2 Å². The molecule has 29 heavy (non-hydrogen) atoms. The number of halogens is 2. The van der Waals surface area contributed by atoms with Crippen molar-refractivity contribution in [2.24, 2.45) is 0 Å². The van der Waals surface area contributed by atoms with E-state index in [2.05, 4.69) is 10.4 Å². The van der Waals surface area contributed by atoms with Gasteiger partial charge in [-0.3, -0.25) is 9.59 Å². The van der Waals surface area contributed by atoms with Crippen LogP contribution in [0.5, 0.6) is 0 Å². The first kappa shape index (κ1) is 19.1. The Balaban J connectivity index is 1.71. The van der Waals surface area contributed by atoms with Gasteiger partial charge in [0.25, 0.3) is 5.56 Å². The number of aryl methyl sites for hydroxylation is 1. The van der Waals surface area contributed by atoms with E-state index in [1.54, 1.807) is 6.20 Å². The molecule has 0 radical (unpaired) electrons. The summed E-state index contributed by atoms with van der Waals surface area (Å²) >= 11 is 5.74. The molecule has 0 aliphatic rings. The van der Waals surface area contributed by atoms with E-state index >= 15 is 0 Å². The number of para-hydroxylation sites is 1. The molecule has 0 saturated carbocycles. The van der Waals surface area contributed by atoms with Crippen LogP contribution in [0, 0.1) is 5.82 Å². The average molecular weight is 413 g/mol. The number of rotatable bonds is 5. The van der Waals surface area contributed by atoms with Gasteiger partial charge in [0.2, 0.25) is 5.91 Å². The second kappa shape index (κ2) is 7.67. The Labute approximate surface area is 170 Å². The summed E-state index contributed by atoms with van der Waals surface area (Å²) in [5.41, 5.74) is 1.50. The molecule has 0 atom stereocenters. The van der Waals surface area contributed by atoms with E-state index in [0.29, 0.717) is 17.7 Å². The van der Waals surface area contributed by atoms with Crippen LogP contribution in [0.2, 0.25) is 5.02 Å². The Morgan fingerprint density at radius 1 is 1.21 bits per heavy atom. The van der Waals surface area contributed by atoms with Crippen molar-refractivity contribution in [2.45, 2.75) is 26.4 Å². The molecule has 0 spiro atoms. The van der Waals surface area contributed by atoms with Gasteiger partial charge in [0.15, 0.2) is 0 Å². The third kappa shape index (κ3) is 3.49. The van der Waals surface area contributed by atoms with E-state index in [1.807, 2.05) is 35.8 Å². The molecular formula is C21H18ClFN4O2. The van der Waals surface area contributed by atoms with Crippen LogP contribution in [0.3, 0.4) is 0 Å². The van der Waals surface area contributed by atoms with Gasteiger partial charge in [-0.2, -0.15) is 5.10 Å². The maximum absolute atomic E-state index is 13.3. The molecule has 8 heteroatoms. The molecule has 6 nitrogen and oxygen atoms in total. The second-order valence-corrected chi connectivity index (χ2v) is 7.12. The van der Waals surface area contributed by atoms with Crippen molar-refractivity contribution in [3.05, 3.63) is 69.9 Å². The van der Waals surface area contributed by atoms with Gasteiger partial charge in [-0.05, 0) is 30.7 Å². The quantitative estimate of drug-likeness (QED) is 0.534. The topological polar surface area (TPSA) is 68.9 Å². The Hall–Kier alpha value is -3.19. The highest BCUT2D eigenvalue weighted by Gasteiger charge is 2.16. The highest BCUT2D eigenvalue weighted by molar-refractivity contribution is 6.31. The van der Waals surface area contributed by atoms with Crippen LogP contribution in [-0.4, -0.2) is 20.3 Å². The molecular weight excluding hydrogens is 395 g/mol. The minimum absolute atomic E-state index is 0.0939. The number of hydrogen-bond acceptors (Lipinski definition) is 3. The zero-order valence-corrected chi connectivity index (χ0v) is 16.4. The highest BCUT2D eigenvalue weighted by atomic mass is 35.5. The predicted octanol–water partition coefficient (Wildman–Crippen LogP) is 4.19. The summed E-state index contributed by atoms with van der Waals surface area (Å²) in [5.74, 6) is -1.03. The van der Waals surface area contributed by atoms with E-state index in [0.717, 1.165) is 33.5 Å². The zero-order valence-electron chi connectivity index (χ0n) is 15.7. The zero-order chi connectivity index (χ0) is 20.5. The summed E-state index contributed by atoms with van der Waals surface area (Å²) in [7, 11) is 0. The third-order valence-electron chi connectivity index (χ3n) is 4.72. The van der Waals surface area contributed by atoms with Gasteiger partial charge in [-0.1, -0.05) is 36.7 Å². The van der Waals surface area contributed by atoms with E-state index in [-0.39, 0.29) is 17.1 Å². The lowest BCUT2D eigenvalue weighted by Crippen LogP contribution is -2.30. The smallest absolute Gasteiger partial charge is 0.291 e. The molecule has 0 aliphatic heterocycles. The Kier molecular flexibility index (Phi) is 5.07. The normalized spacial score (nSPS) is 11.3. The number of nitrogens with zero attached hydrogens (tertiary/aromatic N) is 3. The molecule has 1 N–H and O–H groups in total. The van der Waals surface area contributed by atoms with Gasteiger partial charge < -0.3 is 9.88 Å². The monoisotopic (exact) mass is 412 g/mol. The average Bonchev–Trinajstić information content (AvgIpc) is 3.02. The number of carbonyl (C=O) groups excluding carboxylic acids is 1. The molecule has 2 aromatic carbocycles. The largest absolute Gasteiger partial charge is 0.336 e. The Bertz CT molecular complexity index is 1300. The van der Waals surface area contributed by atoms with Gasteiger partial charge in [-0.15, -0.1) is 0 Å². The fourth-order valence-corrected chi connectivity index (χ4v) is 3.65. The Morgan fingerprint density at radius 2 is 2.00 bits per heavy atom. The van der Waals surface area contributed by atoms with Crippen molar-refractivity contribution in [3.63, 3.8) is 0 Å². The molecule has 0 saturated heterocycles. The maximum Gasteiger partial charge on any atom is 0.291 e. The fraction of sp³-hybridized carbons (Fsp3) is 0.190. The molecule has 0 unspecified atom stereocenters. The minimum Gasteiger partial charge on any atom is -0.336 e. The van der Waals surface area contributed by atoms with Crippen LogP contribution >= 0.6 is 11.6 Å². The van der Waals surface area contributed by atoms with Crippen LogP contribution in [0.1, 0.15) is 13.3 Å². The van der Waals surface area contributed by atoms with Crippen molar-refractivity contribution >= 4 is 45.0 Å². The summed E-state index contributed by atoms with van der Waals surface area (Å²) in [4.78, 5) is 25.5. The number of hydrogen-bond donors (Lipinski definition) is 1. The number of amides is 1. The van der Waals surface area contributed by atoms with Gasteiger partial charge in [0.1, 0.15) is 17.9 Å². The van der Waals surface area contributed by atoms with Gasteiger partial charge in [-0.25, -0.2) is 9.07 Å². The first-order valence-corrected chi connectivity index (χ1v) is 9.59. The molecule has 2 heterocycles. The van der Waals surface area contributed by atoms with E-state index in [1.165, 1.54) is 12.1 Å². The predicted molar refractivity (Wildman–Crippen MR) is 112 cm³/mol. The number of anilines is 1. The van der Waals surface area contributed by atoms with Gasteiger partial charge in [0, 0.05) is 28.5 Å². The highest BCUT2D eigenvalue weighted by Crippen LogP contribution is 2.26. The molecule has 0 bridgehead atoms. The van der Waals surface area contributed by atoms with E-state index < -0.39 is 11.7 Å². The maximum atomic E-state index is 13.3. The summed E-state index contributed by atoms with van der Waals surface area (Å²) in [6.45, 7) is 2.46. The lowest BCUT2D eigenvalue weighted by Gasteiger charge is -2.09. The first-order chi connectivity index (χ1) is 14.0. The Morgan fingerprint density at radius 3 is 2.76 bits per heavy atom. The fourth-order valence-electron chi connectivity index (χ4n) is 3.47. The number of nitrogens with one attached hydrogen (secondary N) is 1. The van der Waals surface area contributed by atoms with Gasteiger partial charge >= 0.3 is 0 Å². The molecule has 4 rings (SSSR count). The summed E-state index contributed by atoms with van der Waals surface area (Å²) in [6.07, 6.45) is 2.48. The summed E-state index contributed by atoms with van der Waals surface area (Å²) < 4.78 is 16.4. The summed E-state index contributed by atoms with van der Waals surface area (Å²) in [5, 5.41) is 8.42. The lowest BCUT2D eigenvalue weighted by molar-refractivity contribution is -0.117. The van der Waals surface area contributed by atoms with Crippen LogP contribution in [0.25, 0.3) is 21.8 Å². The van der Waals surface area contributed by atoms with E-state index in [9.17, 15) is 14.0 Å². The third-order valence-corrected chi connectivity index (χ3v) is 5.01. The molecule has 0 fully saturated rings.